The molecule has 2 heteroatoms. The van der Waals surface area contributed by atoms with Crippen molar-refractivity contribution in [1.82, 2.24) is 0 Å². The fourth-order valence-electron chi connectivity index (χ4n) is 0.934. The topological polar surface area (TPSA) is 29.4 Å². The van der Waals surface area contributed by atoms with E-state index in [1.54, 1.807) is 0 Å². The van der Waals surface area contributed by atoms with Crippen LogP contribution in [0.15, 0.2) is 29.3 Å². The zero-order valence-electron chi connectivity index (χ0n) is 7.03. The van der Waals surface area contributed by atoms with Gasteiger partial charge in [0.25, 0.3) is 0 Å². The number of carbonyl (C=O) groups excluding carboxylic acids is 1. The summed E-state index contributed by atoms with van der Waals surface area (Å²) in [6, 6.07) is 7.83. The predicted octanol–water partition coefficient (Wildman–Crippen LogP) is 2.15. The normalized spacial score (nSPS) is 10.4. The second-order valence-electron chi connectivity index (χ2n) is 2.43. The van der Waals surface area contributed by atoms with Crippen molar-refractivity contribution in [2.45, 2.75) is 13.3 Å². The molecule has 0 saturated heterocycles. The predicted molar refractivity (Wildman–Crippen MR) is 50.0 cm³/mol. The molecule has 0 aromatic heterocycles. The van der Waals surface area contributed by atoms with Crippen LogP contribution in [0, 0.1) is 0 Å². The smallest absolute Gasteiger partial charge is 0.161 e. The highest BCUT2D eigenvalue weighted by atomic mass is 16.1. The van der Waals surface area contributed by atoms with Crippen molar-refractivity contribution in [3.63, 3.8) is 0 Å². The summed E-state index contributed by atoms with van der Waals surface area (Å²) in [5.41, 5.74) is 2.10. The lowest BCUT2D eigenvalue weighted by Crippen LogP contribution is -1.77. The average Bonchev–Trinajstić information content (AvgIpc) is 2.15. The van der Waals surface area contributed by atoms with Crippen LogP contribution in [0.4, 0.5) is 5.69 Å². The van der Waals surface area contributed by atoms with E-state index in [9.17, 15) is 4.79 Å². The quantitative estimate of drug-likeness (QED) is 0.493. The first-order valence-corrected chi connectivity index (χ1v) is 3.93. The zero-order valence-corrected chi connectivity index (χ0v) is 7.03. The highest BCUT2D eigenvalue weighted by Crippen LogP contribution is 2.12. The lowest BCUT2D eigenvalue weighted by Gasteiger charge is -1.95. The first-order valence-electron chi connectivity index (χ1n) is 3.93. The van der Waals surface area contributed by atoms with Crippen molar-refractivity contribution in [3.8, 4) is 0 Å². The van der Waals surface area contributed by atoms with Crippen molar-refractivity contribution >= 4 is 18.2 Å². The number of aryl methyl sites for hydroxylation is 1. The number of hydrogen-bond acceptors (Lipinski definition) is 2. The molecule has 1 aromatic rings. The van der Waals surface area contributed by atoms with Crippen LogP contribution >= 0.6 is 0 Å². The first kappa shape index (κ1) is 8.65. The molecule has 0 unspecified atom stereocenters. The van der Waals surface area contributed by atoms with Crippen LogP contribution in [-0.2, 0) is 11.2 Å². The highest BCUT2D eigenvalue weighted by molar-refractivity contribution is 6.13. The largest absolute Gasteiger partial charge is 0.297 e. The number of rotatable bonds is 3. The molecule has 0 heterocycles. The van der Waals surface area contributed by atoms with Crippen LogP contribution in [0.2, 0.25) is 0 Å². The third-order valence-electron chi connectivity index (χ3n) is 1.63. The van der Waals surface area contributed by atoms with Gasteiger partial charge in [0, 0.05) is 0 Å². The maximum Gasteiger partial charge on any atom is 0.161 e. The van der Waals surface area contributed by atoms with Crippen LogP contribution < -0.4 is 0 Å². The van der Waals surface area contributed by atoms with Crippen molar-refractivity contribution in [1.29, 1.82) is 0 Å². The molecule has 0 spiro atoms. The molecule has 62 valence electrons. The molecule has 0 aliphatic carbocycles. The van der Waals surface area contributed by atoms with Gasteiger partial charge in [-0.05, 0) is 24.1 Å². The molecule has 1 rings (SSSR count). The summed E-state index contributed by atoms with van der Waals surface area (Å²) >= 11 is 0. The Balaban J connectivity index is 2.77. The van der Waals surface area contributed by atoms with Crippen molar-refractivity contribution in [3.05, 3.63) is 29.8 Å². The van der Waals surface area contributed by atoms with E-state index in [0.717, 1.165) is 12.1 Å². The number of benzene rings is 1. The number of carbonyl (C=O) groups is 1. The second kappa shape index (κ2) is 4.44. The summed E-state index contributed by atoms with van der Waals surface area (Å²) in [5.74, 6) is 0. The summed E-state index contributed by atoms with van der Waals surface area (Å²) in [6.45, 7) is 2.10. The summed E-state index contributed by atoms with van der Waals surface area (Å²) in [5, 5.41) is 0. The summed E-state index contributed by atoms with van der Waals surface area (Å²) in [7, 11) is 0. The Hall–Kier alpha value is -1.44. The van der Waals surface area contributed by atoms with Crippen LogP contribution in [0.25, 0.3) is 0 Å². The van der Waals surface area contributed by atoms with Crippen molar-refractivity contribution in [2.24, 2.45) is 4.99 Å². The number of aldehydes is 1. The Kier molecular flexibility index (Phi) is 3.20. The molecule has 0 amide bonds. The summed E-state index contributed by atoms with van der Waals surface area (Å²) in [6.07, 6.45) is 2.95. The fraction of sp³-hybridized carbons (Fsp3) is 0.200. The van der Waals surface area contributed by atoms with Gasteiger partial charge in [0.15, 0.2) is 6.29 Å². The van der Waals surface area contributed by atoms with Gasteiger partial charge in [-0.2, -0.15) is 0 Å². The molecular weight excluding hydrogens is 150 g/mol. The Labute approximate surface area is 71.9 Å². The minimum atomic E-state index is 0.674. The lowest BCUT2D eigenvalue weighted by atomic mass is 10.2. The first-order chi connectivity index (χ1) is 5.86. The number of nitrogens with zero attached hydrogens (tertiary/aromatic N) is 1. The molecule has 0 radical (unpaired) electrons. The van der Waals surface area contributed by atoms with Gasteiger partial charge >= 0.3 is 0 Å². The third kappa shape index (κ3) is 2.31. The minimum absolute atomic E-state index is 0.674. The van der Waals surface area contributed by atoms with Crippen LogP contribution in [-0.4, -0.2) is 12.5 Å². The van der Waals surface area contributed by atoms with Crippen LogP contribution in [0.1, 0.15) is 12.5 Å². The van der Waals surface area contributed by atoms with E-state index < -0.39 is 0 Å². The van der Waals surface area contributed by atoms with E-state index in [4.69, 9.17) is 0 Å². The van der Waals surface area contributed by atoms with Gasteiger partial charge in [0.2, 0.25) is 0 Å². The lowest BCUT2D eigenvalue weighted by molar-refractivity contribution is -0.102. The van der Waals surface area contributed by atoms with Gasteiger partial charge in [0.1, 0.15) is 0 Å². The maximum atomic E-state index is 9.95. The Morgan fingerprint density at radius 3 is 2.50 bits per heavy atom. The monoisotopic (exact) mass is 161 g/mol. The SMILES string of the molecule is CCc1ccc(N=CC=O)cc1. The summed E-state index contributed by atoms with van der Waals surface area (Å²) < 4.78 is 0. The molecule has 0 aliphatic heterocycles. The number of aliphatic imine (C=N–C) groups is 1. The fourth-order valence-corrected chi connectivity index (χ4v) is 0.934. The van der Waals surface area contributed by atoms with E-state index in [1.807, 2.05) is 24.3 Å². The Morgan fingerprint density at radius 1 is 1.33 bits per heavy atom. The van der Waals surface area contributed by atoms with E-state index >= 15 is 0 Å². The highest BCUT2D eigenvalue weighted by Gasteiger charge is 1.88. The van der Waals surface area contributed by atoms with Gasteiger partial charge in [0.05, 0.1) is 11.9 Å². The molecule has 0 aliphatic rings. The maximum absolute atomic E-state index is 9.95. The van der Waals surface area contributed by atoms with E-state index in [1.165, 1.54) is 11.8 Å². The van der Waals surface area contributed by atoms with Gasteiger partial charge in [-0.25, -0.2) is 0 Å². The molecule has 1 aromatic carbocycles. The minimum Gasteiger partial charge on any atom is -0.297 e. The molecule has 0 bridgehead atoms. The van der Waals surface area contributed by atoms with Crippen LogP contribution in [0.3, 0.4) is 0 Å². The van der Waals surface area contributed by atoms with Gasteiger partial charge in [-0.15, -0.1) is 0 Å². The number of hydrogen-bond donors (Lipinski definition) is 0. The molecule has 0 atom stereocenters. The molecule has 0 N–H and O–H groups in total. The van der Waals surface area contributed by atoms with E-state index in [2.05, 4.69) is 11.9 Å². The third-order valence-corrected chi connectivity index (χ3v) is 1.63. The van der Waals surface area contributed by atoms with Gasteiger partial charge in [-0.1, -0.05) is 19.1 Å². The molecule has 0 saturated carbocycles. The molecule has 0 fully saturated rings. The molecule has 12 heavy (non-hydrogen) atoms. The Bertz CT molecular complexity index is 274. The van der Waals surface area contributed by atoms with Gasteiger partial charge in [-0.3, -0.25) is 9.79 Å². The molecular formula is C10H11NO. The summed E-state index contributed by atoms with van der Waals surface area (Å²) in [4.78, 5) is 13.9. The van der Waals surface area contributed by atoms with Gasteiger partial charge < -0.3 is 0 Å². The Morgan fingerprint density at radius 2 is 2.00 bits per heavy atom. The molecule has 2 nitrogen and oxygen atoms in total. The zero-order chi connectivity index (χ0) is 8.81. The van der Waals surface area contributed by atoms with Crippen LogP contribution in [0.5, 0.6) is 0 Å². The van der Waals surface area contributed by atoms with Crippen molar-refractivity contribution in [2.75, 3.05) is 0 Å². The van der Waals surface area contributed by atoms with Crippen molar-refractivity contribution < 1.29 is 4.79 Å². The average molecular weight is 161 g/mol. The van der Waals surface area contributed by atoms with E-state index in [0.29, 0.717) is 6.29 Å². The standard InChI is InChI=1S/C10H11NO/c1-2-9-3-5-10(6-4-9)11-7-8-12/h3-8H,2H2,1H3. The van der Waals surface area contributed by atoms with E-state index in [-0.39, 0.29) is 0 Å². The second-order valence-corrected chi connectivity index (χ2v) is 2.43.